The number of hydrogen-bond acceptors (Lipinski definition) is 4. The van der Waals surface area contributed by atoms with Gasteiger partial charge in [-0.05, 0) is 48.0 Å². The molecule has 0 aliphatic carbocycles. The molecule has 0 atom stereocenters. The van der Waals surface area contributed by atoms with E-state index in [0.717, 1.165) is 5.56 Å². The number of carbonyl (C=O) groups is 2. The summed E-state index contributed by atoms with van der Waals surface area (Å²) in [6, 6.07) is 21.0. The van der Waals surface area contributed by atoms with E-state index >= 15 is 0 Å². The third-order valence-electron chi connectivity index (χ3n) is 4.15. The minimum atomic E-state index is -0.973. The summed E-state index contributed by atoms with van der Waals surface area (Å²) >= 11 is 0. The van der Waals surface area contributed by atoms with Crippen LogP contribution in [0, 0.1) is 0 Å². The fourth-order valence-electron chi connectivity index (χ4n) is 2.72. The lowest BCUT2D eigenvalue weighted by molar-refractivity contribution is 0.0696. The zero-order valence-electron chi connectivity index (χ0n) is 15.3. The van der Waals surface area contributed by atoms with Crippen LogP contribution in [0.4, 0.5) is 11.4 Å². The topological polar surface area (TPSA) is 87.7 Å². The summed E-state index contributed by atoms with van der Waals surface area (Å²) in [4.78, 5) is 23.6. The van der Waals surface area contributed by atoms with E-state index in [1.807, 2.05) is 36.4 Å². The first-order chi connectivity index (χ1) is 13.6. The zero-order chi connectivity index (χ0) is 19.9. The van der Waals surface area contributed by atoms with Crippen molar-refractivity contribution in [1.82, 2.24) is 0 Å². The second-order valence-corrected chi connectivity index (χ2v) is 6.09. The van der Waals surface area contributed by atoms with Gasteiger partial charge in [0.2, 0.25) is 0 Å². The number of methoxy groups -OCH3 is 1. The fourth-order valence-corrected chi connectivity index (χ4v) is 2.72. The summed E-state index contributed by atoms with van der Waals surface area (Å²) in [5, 5.41) is 15.2. The van der Waals surface area contributed by atoms with Crippen molar-refractivity contribution in [2.75, 3.05) is 17.7 Å². The second kappa shape index (κ2) is 8.73. The molecule has 0 bridgehead atoms. The van der Waals surface area contributed by atoms with E-state index in [1.165, 1.54) is 0 Å². The molecule has 0 aliphatic rings. The summed E-state index contributed by atoms with van der Waals surface area (Å²) in [7, 11) is 1.55. The van der Waals surface area contributed by atoms with Gasteiger partial charge < -0.3 is 20.5 Å². The third-order valence-corrected chi connectivity index (χ3v) is 4.15. The Bertz CT molecular complexity index is 987. The SMILES string of the molecule is COc1ccc(C(=O)Nc2ccccc2)cc1NCc1cccc(C(=O)O)c1. The Kier molecular flexibility index (Phi) is 5.91. The highest BCUT2D eigenvalue weighted by Gasteiger charge is 2.11. The molecular formula is C22H20N2O4. The van der Waals surface area contributed by atoms with Crippen molar-refractivity contribution in [3.8, 4) is 5.75 Å². The Morgan fingerprint density at radius 1 is 0.929 bits per heavy atom. The molecule has 3 N–H and O–H groups in total. The van der Waals surface area contributed by atoms with Crippen molar-refractivity contribution >= 4 is 23.3 Å². The first-order valence-corrected chi connectivity index (χ1v) is 8.67. The zero-order valence-corrected chi connectivity index (χ0v) is 15.3. The van der Waals surface area contributed by atoms with E-state index in [4.69, 9.17) is 9.84 Å². The van der Waals surface area contributed by atoms with Gasteiger partial charge in [0.25, 0.3) is 5.91 Å². The van der Waals surface area contributed by atoms with E-state index in [1.54, 1.807) is 43.5 Å². The largest absolute Gasteiger partial charge is 0.495 e. The van der Waals surface area contributed by atoms with Crippen molar-refractivity contribution < 1.29 is 19.4 Å². The summed E-state index contributed by atoms with van der Waals surface area (Å²) < 4.78 is 5.36. The smallest absolute Gasteiger partial charge is 0.335 e. The maximum Gasteiger partial charge on any atom is 0.335 e. The number of carbonyl (C=O) groups excluding carboxylic acids is 1. The van der Waals surface area contributed by atoms with Gasteiger partial charge in [0.15, 0.2) is 0 Å². The molecule has 0 saturated heterocycles. The number of rotatable bonds is 7. The van der Waals surface area contributed by atoms with Gasteiger partial charge in [-0.1, -0.05) is 30.3 Å². The molecular weight excluding hydrogens is 356 g/mol. The van der Waals surface area contributed by atoms with Crippen molar-refractivity contribution in [1.29, 1.82) is 0 Å². The molecule has 3 rings (SSSR count). The molecule has 0 unspecified atom stereocenters. The van der Waals surface area contributed by atoms with Crippen LogP contribution < -0.4 is 15.4 Å². The fraction of sp³-hybridized carbons (Fsp3) is 0.0909. The van der Waals surface area contributed by atoms with Crippen molar-refractivity contribution in [3.63, 3.8) is 0 Å². The third kappa shape index (κ3) is 4.67. The van der Waals surface area contributed by atoms with Crippen LogP contribution in [0.25, 0.3) is 0 Å². The molecule has 142 valence electrons. The molecule has 0 saturated carbocycles. The molecule has 28 heavy (non-hydrogen) atoms. The predicted molar refractivity (Wildman–Crippen MR) is 108 cm³/mol. The van der Waals surface area contributed by atoms with Gasteiger partial charge in [0, 0.05) is 17.8 Å². The van der Waals surface area contributed by atoms with Crippen molar-refractivity contribution in [3.05, 3.63) is 89.5 Å². The van der Waals surface area contributed by atoms with Crippen LogP contribution in [0.1, 0.15) is 26.3 Å². The number of para-hydroxylation sites is 1. The normalized spacial score (nSPS) is 10.2. The standard InChI is InChI=1S/C22H20N2O4/c1-28-20-11-10-16(21(25)24-18-8-3-2-4-9-18)13-19(20)23-14-15-6-5-7-17(12-15)22(26)27/h2-13,23H,14H2,1H3,(H,24,25)(H,26,27). The van der Waals surface area contributed by atoms with Crippen molar-refractivity contribution in [2.45, 2.75) is 6.54 Å². The monoisotopic (exact) mass is 376 g/mol. The summed E-state index contributed by atoms with van der Waals surface area (Å²) in [5.41, 5.74) is 2.86. The molecule has 3 aromatic rings. The van der Waals surface area contributed by atoms with Crippen LogP contribution in [0.2, 0.25) is 0 Å². The lowest BCUT2D eigenvalue weighted by atomic mass is 10.1. The van der Waals surface area contributed by atoms with E-state index in [-0.39, 0.29) is 11.5 Å². The number of hydrogen-bond donors (Lipinski definition) is 3. The average Bonchev–Trinajstić information content (AvgIpc) is 2.73. The Labute approximate surface area is 162 Å². The van der Waals surface area contributed by atoms with Gasteiger partial charge in [-0.3, -0.25) is 4.79 Å². The Morgan fingerprint density at radius 3 is 2.43 bits per heavy atom. The Hall–Kier alpha value is -3.80. The number of ether oxygens (including phenoxy) is 1. The molecule has 0 aromatic heterocycles. The molecule has 0 radical (unpaired) electrons. The molecule has 6 nitrogen and oxygen atoms in total. The number of carboxylic acid groups (broad SMARTS) is 1. The summed E-state index contributed by atoms with van der Waals surface area (Å²) in [6.07, 6.45) is 0. The molecule has 0 heterocycles. The molecule has 0 fully saturated rings. The average molecular weight is 376 g/mol. The summed E-state index contributed by atoms with van der Waals surface area (Å²) in [6.45, 7) is 0.390. The van der Waals surface area contributed by atoms with Crippen LogP contribution in [-0.4, -0.2) is 24.1 Å². The molecule has 0 spiro atoms. The number of amides is 1. The first-order valence-electron chi connectivity index (χ1n) is 8.67. The number of carboxylic acids is 1. The number of anilines is 2. The highest BCUT2D eigenvalue weighted by atomic mass is 16.5. The maximum atomic E-state index is 12.5. The van der Waals surface area contributed by atoms with Gasteiger partial charge >= 0.3 is 5.97 Å². The Balaban J connectivity index is 1.76. The maximum absolute atomic E-state index is 12.5. The summed E-state index contributed by atoms with van der Waals surface area (Å²) in [5.74, 6) is -0.616. The minimum Gasteiger partial charge on any atom is -0.495 e. The van der Waals surface area contributed by atoms with E-state index in [9.17, 15) is 9.59 Å². The van der Waals surface area contributed by atoms with Crippen LogP contribution in [0.15, 0.2) is 72.8 Å². The van der Waals surface area contributed by atoms with Gasteiger partial charge in [-0.2, -0.15) is 0 Å². The Morgan fingerprint density at radius 2 is 1.71 bits per heavy atom. The quantitative estimate of drug-likeness (QED) is 0.573. The number of benzene rings is 3. The van der Waals surface area contributed by atoms with Crippen LogP contribution in [0.3, 0.4) is 0 Å². The van der Waals surface area contributed by atoms with E-state index in [2.05, 4.69) is 10.6 Å². The van der Waals surface area contributed by atoms with Crippen LogP contribution >= 0.6 is 0 Å². The highest BCUT2D eigenvalue weighted by Crippen LogP contribution is 2.26. The number of aromatic carboxylic acids is 1. The highest BCUT2D eigenvalue weighted by molar-refractivity contribution is 6.05. The first kappa shape index (κ1) is 19.0. The molecule has 3 aromatic carbocycles. The van der Waals surface area contributed by atoms with Crippen molar-refractivity contribution in [2.24, 2.45) is 0 Å². The second-order valence-electron chi connectivity index (χ2n) is 6.09. The van der Waals surface area contributed by atoms with E-state index in [0.29, 0.717) is 29.2 Å². The van der Waals surface area contributed by atoms with Gasteiger partial charge in [0.05, 0.1) is 18.4 Å². The molecule has 6 heteroatoms. The van der Waals surface area contributed by atoms with Crippen LogP contribution in [0.5, 0.6) is 5.75 Å². The van der Waals surface area contributed by atoms with Crippen LogP contribution in [-0.2, 0) is 6.54 Å². The predicted octanol–water partition coefficient (Wildman–Crippen LogP) is 4.26. The minimum absolute atomic E-state index is 0.224. The molecule has 0 aliphatic heterocycles. The lowest BCUT2D eigenvalue weighted by Gasteiger charge is -2.13. The van der Waals surface area contributed by atoms with Gasteiger partial charge in [-0.15, -0.1) is 0 Å². The number of nitrogens with one attached hydrogen (secondary N) is 2. The van der Waals surface area contributed by atoms with E-state index < -0.39 is 5.97 Å². The van der Waals surface area contributed by atoms with Gasteiger partial charge in [-0.25, -0.2) is 4.79 Å². The molecule has 1 amide bonds. The van der Waals surface area contributed by atoms with Gasteiger partial charge in [0.1, 0.15) is 5.75 Å². The lowest BCUT2D eigenvalue weighted by Crippen LogP contribution is -2.12.